The van der Waals surface area contributed by atoms with Crippen molar-refractivity contribution in [3.8, 4) is 0 Å². The maximum absolute atomic E-state index is 10.6. The fraction of sp³-hybridized carbons (Fsp3) is 0.700. The Morgan fingerprint density at radius 1 is 1.00 bits per heavy atom. The van der Waals surface area contributed by atoms with E-state index in [2.05, 4.69) is 46.8 Å². The van der Waals surface area contributed by atoms with Crippen LogP contribution < -0.4 is 10.6 Å². The quantitative estimate of drug-likeness (QED) is 0.779. The number of likely N-dealkylation sites (N-methyl/N-ethyl adjacent to an activating group) is 1. The normalized spacial score (nSPS) is 21.9. The Labute approximate surface area is 158 Å². The van der Waals surface area contributed by atoms with E-state index in [1.165, 1.54) is 0 Å². The van der Waals surface area contributed by atoms with Crippen LogP contribution in [0.1, 0.15) is 37.0 Å². The molecular formula is C20H35N5O. The van der Waals surface area contributed by atoms with E-state index in [4.69, 9.17) is 5.73 Å². The van der Waals surface area contributed by atoms with E-state index in [-0.39, 0.29) is 0 Å². The molecule has 0 aromatic heterocycles. The summed E-state index contributed by atoms with van der Waals surface area (Å²) in [6.07, 6.45) is 1.30. The molecule has 0 saturated carbocycles. The Kier molecular flexibility index (Phi) is 6.40. The molecule has 1 aromatic carbocycles. The molecule has 1 unspecified atom stereocenters. The zero-order valence-electron chi connectivity index (χ0n) is 16.6. The first-order valence-corrected chi connectivity index (χ1v) is 10.0. The number of nitrogens with two attached hydrogens (primary N) is 1. The van der Waals surface area contributed by atoms with Gasteiger partial charge in [0.1, 0.15) is 0 Å². The molecule has 6 heteroatoms. The van der Waals surface area contributed by atoms with E-state index in [1.807, 2.05) is 6.07 Å². The molecule has 2 aliphatic heterocycles. The van der Waals surface area contributed by atoms with Gasteiger partial charge in [-0.2, -0.15) is 0 Å². The lowest BCUT2D eigenvalue weighted by Gasteiger charge is -2.45. The summed E-state index contributed by atoms with van der Waals surface area (Å²) in [6.45, 7) is 12.7. The minimum absolute atomic E-state index is 0.437. The van der Waals surface area contributed by atoms with Crippen LogP contribution in [-0.4, -0.2) is 79.4 Å². The summed E-state index contributed by atoms with van der Waals surface area (Å²) in [5.41, 5.74) is 10.2. The van der Waals surface area contributed by atoms with Crippen LogP contribution in [0.5, 0.6) is 0 Å². The lowest BCUT2D eigenvalue weighted by Crippen LogP contribution is -2.58. The van der Waals surface area contributed by atoms with Gasteiger partial charge < -0.3 is 20.6 Å². The zero-order valence-corrected chi connectivity index (χ0v) is 16.6. The molecule has 146 valence electrons. The van der Waals surface area contributed by atoms with Crippen molar-refractivity contribution in [2.24, 2.45) is 0 Å². The summed E-state index contributed by atoms with van der Waals surface area (Å²) in [6, 6.07) is 4.15. The monoisotopic (exact) mass is 361 g/mol. The second-order valence-electron chi connectivity index (χ2n) is 7.77. The van der Waals surface area contributed by atoms with Gasteiger partial charge in [-0.3, -0.25) is 0 Å². The summed E-state index contributed by atoms with van der Waals surface area (Å²) < 4.78 is 0. The summed E-state index contributed by atoms with van der Waals surface area (Å²) in [7, 11) is 2.20. The molecule has 0 radical (unpaired) electrons. The van der Waals surface area contributed by atoms with Crippen molar-refractivity contribution >= 4 is 11.4 Å². The largest absolute Gasteiger partial charge is 0.399 e. The summed E-state index contributed by atoms with van der Waals surface area (Å²) >= 11 is 0. The fourth-order valence-corrected chi connectivity index (χ4v) is 4.00. The molecule has 1 aromatic rings. The third-order valence-corrected chi connectivity index (χ3v) is 5.81. The zero-order chi connectivity index (χ0) is 18.7. The Morgan fingerprint density at radius 3 is 2.15 bits per heavy atom. The highest BCUT2D eigenvalue weighted by Gasteiger charge is 2.26. The number of rotatable bonds is 5. The molecule has 2 aliphatic rings. The summed E-state index contributed by atoms with van der Waals surface area (Å²) in [5.74, 6) is 0. The number of anilines is 2. The van der Waals surface area contributed by atoms with Gasteiger partial charge in [0.05, 0.1) is 6.10 Å². The maximum Gasteiger partial charge on any atom is 0.0810 e. The number of benzene rings is 1. The number of hydrazine groups is 1. The van der Waals surface area contributed by atoms with Gasteiger partial charge in [0.2, 0.25) is 0 Å². The molecular weight excluding hydrogens is 326 g/mol. The van der Waals surface area contributed by atoms with Gasteiger partial charge in [-0.25, -0.2) is 10.0 Å². The molecule has 3 N–H and O–H groups in total. The molecule has 0 spiro atoms. The third-order valence-electron chi connectivity index (χ3n) is 5.81. The standard InChI is InChI=1S/C20H35N5O/c1-4-5-20(26)17-15-18(21)16(2)14-19(17)23-8-12-25(13-9-23)24-10-6-22(3)7-11-24/h14-15,20,26H,4-13,21H2,1-3H3. The van der Waals surface area contributed by atoms with Crippen LogP contribution in [0, 0.1) is 6.92 Å². The van der Waals surface area contributed by atoms with Gasteiger partial charge in [0.15, 0.2) is 0 Å². The van der Waals surface area contributed by atoms with Gasteiger partial charge in [0.25, 0.3) is 0 Å². The van der Waals surface area contributed by atoms with Crippen molar-refractivity contribution in [1.29, 1.82) is 0 Å². The highest BCUT2D eigenvalue weighted by Crippen LogP contribution is 2.33. The molecule has 2 fully saturated rings. The number of aliphatic hydroxyl groups is 1. The highest BCUT2D eigenvalue weighted by atomic mass is 16.3. The Bertz CT molecular complexity index is 592. The third kappa shape index (κ3) is 4.31. The van der Waals surface area contributed by atoms with Crippen LogP contribution in [0.2, 0.25) is 0 Å². The molecule has 6 nitrogen and oxygen atoms in total. The average Bonchev–Trinajstić information content (AvgIpc) is 2.64. The van der Waals surface area contributed by atoms with Crippen LogP contribution in [0.3, 0.4) is 0 Å². The first-order valence-electron chi connectivity index (χ1n) is 10.0. The second kappa shape index (κ2) is 8.57. The van der Waals surface area contributed by atoms with E-state index in [0.717, 1.165) is 87.7 Å². The van der Waals surface area contributed by atoms with E-state index in [1.54, 1.807) is 0 Å². The predicted molar refractivity (Wildman–Crippen MR) is 108 cm³/mol. The van der Waals surface area contributed by atoms with Crippen molar-refractivity contribution in [3.05, 3.63) is 23.3 Å². The SMILES string of the molecule is CCCC(O)c1cc(N)c(C)cc1N1CCN(N2CCN(C)CC2)CC1. The first-order chi connectivity index (χ1) is 12.5. The number of hydrogen-bond acceptors (Lipinski definition) is 6. The fourth-order valence-electron chi connectivity index (χ4n) is 4.00. The van der Waals surface area contributed by atoms with Gasteiger partial charge in [-0.15, -0.1) is 0 Å². The molecule has 2 heterocycles. The average molecular weight is 362 g/mol. The number of aryl methyl sites for hydroxylation is 1. The Morgan fingerprint density at radius 2 is 1.58 bits per heavy atom. The van der Waals surface area contributed by atoms with Crippen molar-refractivity contribution in [3.63, 3.8) is 0 Å². The topological polar surface area (TPSA) is 59.2 Å². The molecule has 0 amide bonds. The lowest BCUT2D eigenvalue weighted by molar-refractivity contribution is -0.0564. The maximum atomic E-state index is 10.6. The Balaban J connectivity index is 1.69. The van der Waals surface area contributed by atoms with Crippen molar-refractivity contribution in [1.82, 2.24) is 14.9 Å². The molecule has 1 atom stereocenters. The number of nitrogens with zero attached hydrogens (tertiary/aromatic N) is 4. The Hall–Kier alpha value is -1.34. The van der Waals surface area contributed by atoms with Crippen molar-refractivity contribution in [2.45, 2.75) is 32.8 Å². The van der Waals surface area contributed by atoms with E-state index < -0.39 is 6.10 Å². The lowest BCUT2D eigenvalue weighted by atomic mass is 9.99. The molecule has 2 saturated heterocycles. The van der Waals surface area contributed by atoms with Crippen LogP contribution in [-0.2, 0) is 0 Å². The number of nitrogen functional groups attached to an aromatic ring is 1. The van der Waals surface area contributed by atoms with Crippen molar-refractivity contribution < 1.29 is 5.11 Å². The van der Waals surface area contributed by atoms with E-state index in [0.29, 0.717) is 0 Å². The molecule has 0 aliphatic carbocycles. The number of hydrogen-bond donors (Lipinski definition) is 2. The molecule has 0 bridgehead atoms. The highest BCUT2D eigenvalue weighted by molar-refractivity contribution is 5.64. The minimum atomic E-state index is -0.437. The van der Waals surface area contributed by atoms with Crippen LogP contribution in [0.15, 0.2) is 12.1 Å². The van der Waals surface area contributed by atoms with E-state index >= 15 is 0 Å². The van der Waals surface area contributed by atoms with Crippen molar-refractivity contribution in [2.75, 3.05) is 70.0 Å². The van der Waals surface area contributed by atoms with E-state index in [9.17, 15) is 5.11 Å². The second-order valence-corrected chi connectivity index (χ2v) is 7.77. The van der Waals surface area contributed by atoms with Crippen LogP contribution in [0.4, 0.5) is 11.4 Å². The first kappa shape index (κ1) is 19.4. The van der Waals surface area contributed by atoms with Crippen LogP contribution >= 0.6 is 0 Å². The van der Waals surface area contributed by atoms with Gasteiger partial charge >= 0.3 is 0 Å². The van der Waals surface area contributed by atoms with Gasteiger partial charge in [-0.05, 0) is 38.1 Å². The molecule has 3 rings (SSSR count). The number of piperazine rings is 2. The summed E-state index contributed by atoms with van der Waals surface area (Å²) in [4.78, 5) is 4.82. The smallest absolute Gasteiger partial charge is 0.0810 e. The predicted octanol–water partition coefficient (Wildman–Crippen LogP) is 1.70. The van der Waals surface area contributed by atoms with Gasteiger partial charge in [0, 0.05) is 69.3 Å². The van der Waals surface area contributed by atoms with Crippen LogP contribution in [0.25, 0.3) is 0 Å². The molecule has 26 heavy (non-hydrogen) atoms. The minimum Gasteiger partial charge on any atom is -0.399 e. The summed E-state index contributed by atoms with van der Waals surface area (Å²) in [5, 5.41) is 15.6. The van der Waals surface area contributed by atoms with Gasteiger partial charge in [-0.1, -0.05) is 13.3 Å². The number of aliphatic hydroxyl groups excluding tert-OH is 1.